The Morgan fingerprint density at radius 1 is 1.08 bits per heavy atom. The molecule has 0 spiro atoms. The standard InChI is InChI=1S/C19H17N3O2S.ClH/c20-19(22-15-6-7-16-17(11-15)24-10-9-23-16)25-12-14-4-1-3-13-5-2-8-21-18(13)14;/h1-8,11H,9-10,12H2,(H2,20,22);1H/p-1. The zero-order valence-electron chi connectivity index (χ0n) is 13.9. The summed E-state index contributed by atoms with van der Waals surface area (Å²) in [7, 11) is 0. The molecule has 0 unspecified atom stereocenters. The zero-order chi connectivity index (χ0) is 17.1. The summed E-state index contributed by atoms with van der Waals surface area (Å²) in [5.74, 6) is 2.18. The van der Waals surface area contributed by atoms with Gasteiger partial charge in [-0.25, -0.2) is 4.99 Å². The largest absolute Gasteiger partial charge is 1.00 e. The molecule has 0 saturated carbocycles. The molecule has 0 amide bonds. The molecular weight excluding hydrogens is 370 g/mol. The predicted octanol–water partition coefficient (Wildman–Crippen LogP) is 0.890. The second-order valence-electron chi connectivity index (χ2n) is 5.56. The summed E-state index contributed by atoms with van der Waals surface area (Å²) in [6.07, 6.45) is 1.81. The van der Waals surface area contributed by atoms with Crippen LogP contribution in [0.2, 0.25) is 0 Å². The Labute approximate surface area is 162 Å². The van der Waals surface area contributed by atoms with Crippen LogP contribution in [-0.2, 0) is 5.75 Å². The highest BCUT2D eigenvalue weighted by atomic mass is 35.5. The first-order valence-electron chi connectivity index (χ1n) is 7.99. The minimum Gasteiger partial charge on any atom is -1.00 e. The lowest BCUT2D eigenvalue weighted by atomic mass is 10.1. The van der Waals surface area contributed by atoms with E-state index in [0.29, 0.717) is 29.9 Å². The minimum atomic E-state index is 0. The number of halogens is 1. The average molecular weight is 387 g/mol. The molecule has 0 radical (unpaired) electrons. The van der Waals surface area contributed by atoms with Gasteiger partial charge >= 0.3 is 0 Å². The van der Waals surface area contributed by atoms with Crippen LogP contribution in [0.1, 0.15) is 5.56 Å². The van der Waals surface area contributed by atoms with Gasteiger partial charge in [0.05, 0.1) is 11.2 Å². The van der Waals surface area contributed by atoms with Gasteiger partial charge in [0.25, 0.3) is 0 Å². The average Bonchev–Trinajstić information content (AvgIpc) is 2.66. The molecule has 3 aromatic rings. The van der Waals surface area contributed by atoms with Crippen LogP contribution in [-0.4, -0.2) is 23.4 Å². The molecule has 2 N–H and O–H groups in total. The van der Waals surface area contributed by atoms with Crippen molar-refractivity contribution < 1.29 is 21.9 Å². The minimum absolute atomic E-state index is 0. The highest BCUT2D eigenvalue weighted by Crippen LogP contribution is 2.34. The van der Waals surface area contributed by atoms with E-state index in [1.165, 1.54) is 11.8 Å². The van der Waals surface area contributed by atoms with Crippen molar-refractivity contribution >= 4 is 33.5 Å². The Bertz CT molecular complexity index is 944. The van der Waals surface area contributed by atoms with E-state index in [9.17, 15) is 0 Å². The molecule has 2 aromatic carbocycles. The first-order valence-corrected chi connectivity index (χ1v) is 8.97. The molecule has 0 saturated heterocycles. The molecule has 1 aromatic heterocycles. The number of aromatic nitrogens is 1. The number of aliphatic imine (C=N–C) groups is 1. The highest BCUT2D eigenvalue weighted by molar-refractivity contribution is 8.13. The van der Waals surface area contributed by atoms with Crippen LogP contribution < -0.4 is 27.6 Å². The van der Waals surface area contributed by atoms with Gasteiger partial charge in [0.2, 0.25) is 0 Å². The summed E-state index contributed by atoms with van der Waals surface area (Å²) >= 11 is 1.49. The third kappa shape index (κ3) is 4.03. The van der Waals surface area contributed by atoms with E-state index >= 15 is 0 Å². The van der Waals surface area contributed by atoms with E-state index in [1.807, 2.05) is 36.5 Å². The molecule has 134 valence electrons. The maximum Gasteiger partial charge on any atom is 0.163 e. The molecule has 0 bridgehead atoms. The number of nitrogens with two attached hydrogens (primary N) is 1. The van der Waals surface area contributed by atoms with Crippen molar-refractivity contribution in [2.75, 3.05) is 13.2 Å². The first-order chi connectivity index (χ1) is 12.3. The van der Waals surface area contributed by atoms with E-state index < -0.39 is 0 Å². The lowest BCUT2D eigenvalue weighted by molar-refractivity contribution is -0.00000567. The second-order valence-corrected chi connectivity index (χ2v) is 6.55. The molecule has 0 atom stereocenters. The number of hydrogen-bond donors (Lipinski definition) is 1. The Hall–Kier alpha value is -2.44. The third-order valence-electron chi connectivity index (χ3n) is 3.86. The Balaban J connectivity index is 0.00000196. The SMILES string of the molecule is NC(=Nc1ccc2c(c1)OCCO2)SCc1cccc2cccnc12.[Cl-]. The van der Waals surface area contributed by atoms with Gasteiger partial charge in [0.1, 0.15) is 13.2 Å². The van der Waals surface area contributed by atoms with Crippen LogP contribution >= 0.6 is 11.8 Å². The summed E-state index contributed by atoms with van der Waals surface area (Å²) in [5, 5.41) is 1.63. The van der Waals surface area contributed by atoms with Crippen molar-refractivity contribution in [3.63, 3.8) is 0 Å². The van der Waals surface area contributed by atoms with Crippen molar-refractivity contribution in [3.8, 4) is 11.5 Å². The number of fused-ring (bicyclic) bond motifs is 2. The lowest BCUT2D eigenvalue weighted by Crippen LogP contribution is -3.00. The van der Waals surface area contributed by atoms with Crippen LogP contribution in [0, 0.1) is 0 Å². The lowest BCUT2D eigenvalue weighted by Gasteiger charge is -2.18. The smallest absolute Gasteiger partial charge is 0.163 e. The number of nitrogens with zero attached hydrogens (tertiary/aromatic N) is 2. The van der Waals surface area contributed by atoms with Crippen LogP contribution in [0.4, 0.5) is 5.69 Å². The van der Waals surface area contributed by atoms with E-state index in [0.717, 1.165) is 27.9 Å². The molecular formula is C19H17ClN3O2S-. The number of ether oxygens (including phenoxy) is 2. The number of benzene rings is 2. The predicted molar refractivity (Wildman–Crippen MR) is 102 cm³/mol. The number of para-hydroxylation sites is 1. The van der Waals surface area contributed by atoms with E-state index in [-0.39, 0.29) is 12.4 Å². The zero-order valence-corrected chi connectivity index (χ0v) is 15.5. The summed E-state index contributed by atoms with van der Waals surface area (Å²) in [5.41, 5.74) is 9.00. The summed E-state index contributed by atoms with van der Waals surface area (Å²) in [6.45, 7) is 1.13. The Kier molecular flexibility index (Phi) is 5.85. The number of hydrogen-bond acceptors (Lipinski definition) is 5. The Morgan fingerprint density at radius 3 is 2.77 bits per heavy atom. The second kappa shape index (κ2) is 8.29. The molecule has 0 aliphatic carbocycles. The molecule has 2 heterocycles. The van der Waals surface area contributed by atoms with Gasteiger partial charge in [-0.3, -0.25) is 4.98 Å². The Morgan fingerprint density at radius 2 is 1.88 bits per heavy atom. The van der Waals surface area contributed by atoms with E-state index in [1.54, 1.807) is 0 Å². The van der Waals surface area contributed by atoms with Gasteiger partial charge in [0, 0.05) is 23.4 Å². The van der Waals surface area contributed by atoms with Crippen molar-refractivity contribution in [1.29, 1.82) is 0 Å². The number of rotatable bonds is 3. The van der Waals surface area contributed by atoms with E-state index in [2.05, 4.69) is 28.2 Å². The molecule has 0 fully saturated rings. The van der Waals surface area contributed by atoms with Crippen LogP contribution in [0.25, 0.3) is 10.9 Å². The van der Waals surface area contributed by atoms with Gasteiger partial charge in [-0.2, -0.15) is 0 Å². The highest BCUT2D eigenvalue weighted by Gasteiger charge is 2.11. The summed E-state index contributed by atoms with van der Waals surface area (Å²) in [6, 6.07) is 15.7. The van der Waals surface area contributed by atoms with Crippen molar-refractivity contribution in [2.24, 2.45) is 10.7 Å². The number of amidine groups is 1. The number of pyridine rings is 1. The molecule has 4 rings (SSSR count). The van der Waals surface area contributed by atoms with Crippen molar-refractivity contribution in [3.05, 3.63) is 60.3 Å². The fourth-order valence-corrected chi connectivity index (χ4v) is 3.40. The van der Waals surface area contributed by atoms with E-state index in [4.69, 9.17) is 15.2 Å². The maximum atomic E-state index is 6.09. The first kappa shape index (κ1) is 18.4. The van der Waals surface area contributed by atoms with Gasteiger partial charge in [-0.1, -0.05) is 36.0 Å². The monoisotopic (exact) mass is 386 g/mol. The van der Waals surface area contributed by atoms with Crippen LogP contribution in [0.5, 0.6) is 11.5 Å². The van der Waals surface area contributed by atoms with Gasteiger partial charge in [0.15, 0.2) is 16.7 Å². The van der Waals surface area contributed by atoms with Crippen molar-refractivity contribution in [1.82, 2.24) is 4.98 Å². The van der Waals surface area contributed by atoms with Crippen LogP contribution in [0.3, 0.4) is 0 Å². The normalized spacial score (nSPS) is 13.3. The van der Waals surface area contributed by atoms with Gasteiger partial charge in [-0.05, 0) is 23.8 Å². The summed E-state index contributed by atoms with van der Waals surface area (Å²) < 4.78 is 11.1. The molecule has 1 aliphatic rings. The fourth-order valence-electron chi connectivity index (χ4n) is 2.70. The molecule has 1 aliphatic heterocycles. The topological polar surface area (TPSA) is 69.7 Å². The third-order valence-corrected chi connectivity index (χ3v) is 4.70. The maximum absolute atomic E-state index is 6.09. The molecule has 7 heteroatoms. The fraction of sp³-hybridized carbons (Fsp3) is 0.158. The quantitative estimate of drug-likeness (QED) is 0.534. The summed E-state index contributed by atoms with van der Waals surface area (Å²) in [4.78, 5) is 8.93. The van der Waals surface area contributed by atoms with Crippen molar-refractivity contribution in [2.45, 2.75) is 5.75 Å². The van der Waals surface area contributed by atoms with Gasteiger partial charge in [-0.15, -0.1) is 0 Å². The molecule has 26 heavy (non-hydrogen) atoms. The van der Waals surface area contributed by atoms with Crippen LogP contribution in [0.15, 0.2) is 59.7 Å². The van der Waals surface area contributed by atoms with Gasteiger partial charge < -0.3 is 27.6 Å². The molecule has 5 nitrogen and oxygen atoms in total. The number of thioether (sulfide) groups is 1.